The van der Waals surface area contributed by atoms with Gasteiger partial charge in [0.05, 0.1) is 24.7 Å². The van der Waals surface area contributed by atoms with Crippen molar-refractivity contribution in [3.63, 3.8) is 0 Å². The Balaban J connectivity index is 4.81. The van der Waals surface area contributed by atoms with E-state index in [2.05, 4.69) is 0 Å². The molecule has 0 rings (SSSR count). The van der Waals surface area contributed by atoms with Gasteiger partial charge in [-0.05, 0) is 27.7 Å². The molecule has 0 bridgehead atoms. The smallest absolute Gasteiger partial charge is 0.259 e. The first-order chi connectivity index (χ1) is 9.83. The van der Waals surface area contributed by atoms with Crippen molar-refractivity contribution in [1.82, 2.24) is 4.67 Å². The molecule has 0 spiro atoms. The van der Waals surface area contributed by atoms with E-state index < -0.39 is 28.2 Å². The van der Waals surface area contributed by atoms with Gasteiger partial charge in [-0.15, -0.1) is 0 Å². The van der Waals surface area contributed by atoms with Crippen molar-refractivity contribution < 1.29 is 25.9 Å². The van der Waals surface area contributed by atoms with Gasteiger partial charge >= 0.3 is 0 Å². The Kier molecular flexibility index (Phi) is 9.58. The molecule has 0 radical (unpaired) electrons. The summed E-state index contributed by atoms with van der Waals surface area (Å²) in [4.78, 5) is 0. The highest BCUT2D eigenvalue weighted by atomic mass is 32.2. The van der Waals surface area contributed by atoms with E-state index in [4.69, 9.17) is 9.05 Å². The Labute approximate surface area is 136 Å². The molecule has 0 saturated carbocycles. The summed E-state index contributed by atoms with van der Waals surface area (Å²) in [7, 11) is -7.73. The van der Waals surface area contributed by atoms with Crippen LogP contribution in [-0.2, 0) is 28.7 Å². The van der Waals surface area contributed by atoms with Gasteiger partial charge in [0.15, 0.2) is 0 Å². The van der Waals surface area contributed by atoms with E-state index in [0.29, 0.717) is 0 Å². The minimum absolute atomic E-state index is 0.0271. The Morgan fingerprint density at radius 1 is 0.818 bits per heavy atom. The molecular formula is C12H28NO6PS2. The van der Waals surface area contributed by atoms with Crippen LogP contribution in [0.3, 0.4) is 0 Å². The zero-order chi connectivity index (χ0) is 17.6. The number of hydrogen-bond donors (Lipinski definition) is 0. The van der Waals surface area contributed by atoms with Gasteiger partial charge < -0.3 is 9.05 Å². The van der Waals surface area contributed by atoms with E-state index in [0.717, 1.165) is 12.5 Å². The van der Waals surface area contributed by atoms with Crippen LogP contribution in [-0.4, -0.2) is 70.8 Å². The molecule has 0 saturated heterocycles. The fourth-order valence-corrected chi connectivity index (χ4v) is 4.29. The third-order valence-corrected chi connectivity index (χ3v) is 6.48. The number of hydrogen-bond acceptors (Lipinski definition) is 7. The minimum Gasteiger partial charge on any atom is -0.321 e. The topological polar surface area (TPSA) is 90.0 Å². The average Bonchev–Trinajstić information content (AvgIpc) is 2.23. The number of rotatable bonds is 11. The summed E-state index contributed by atoms with van der Waals surface area (Å²) in [6.07, 6.45) is 2.29. The van der Waals surface area contributed by atoms with E-state index in [9.17, 15) is 16.8 Å². The predicted octanol–water partition coefficient (Wildman–Crippen LogP) is 1.45. The van der Waals surface area contributed by atoms with Crippen LogP contribution in [0.2, 0.25) is 0 Å². The summed E-state index contributed by atoms with van der Waals surface area (Å²) in [6.45, 7) is 7.98. The van der Waals surface area contributed by atoms with Crippen LogP contribution in [0.5, 0.6) is 0 Å². The molecule has 22 heavy (non-hydrogen) atoms. The molecule has 0 unspecified atom stereocenters. The third-order valence-electron chi connectivity index (χ3n) is 2.56. The van der Waals surface area contributed by atoms with Crippen LogP contribution in [0.4, 0.5) is 0 Å². The first-order valence-corrected chi connectivity index (χ1v) is 12.3. The molecule has 0 aliphatic carbocycles. The van der Waals surface area contributed by atoms with Crippen LogP contribution >= 0.6 is 8.53 Å². The number of sulfone groups is 2. The summed E-state index contributed by atoms with van der Waals surface area (Å²) >= 11 is 0. The maximum Gasteiger partial charge on any atom is 0.259 e. The van der Waals surface area contributed by atoms with E-state index in [1.165, 1.54) is 0 Å². The molecule has 0 atom stereocenters. The summed E-state index contributed by atoms with van der Waals surface area (Å²) in [6, 6.07) is 0.255. The summed E-state index contributed by atoms with van der Waals surface area (Å²) in [5.41, 5.74) is 0. The minimum atomic E-state index is -3.11. The molecule has 134 valence electrons. The van der Waals surface area contributed by atoms with Gasteiger partial charge in [0.1, 0.15) is 19.7 Å². The zero-order valence-corrected chi connectivity index (χ0v) is 16.7. The second-order valence-corrected chi connectivity index (χ2v) is 11.7. The lowest BCUT2D eigenvalue weighted by atomic mass is 10.3. The first kappa shape index (κ1) is 22.2. The van der Waals surface area contributed by atoms with Crippen LogP contribution in [0.15, 0.2) is 0 Å². The highest BCUT2D eigenvalue weighted by Gasteiger charge is 2.27. The molecule has 0 N–H and O–H groups in total. The lowest BCUT2D eigenvalue weighted by Crippen LogP contribution is -2.34. The van der Waals surface area contributed by atoms with E-state index >= 15 is 0 Å². The first-order valence-electron chi connectivity index (χ1n) is 7.03. The standard InChI is InChI=1S/C12H28NO6PS2/c1-11(2)13(12(3)4)20(18-7-9-21(5,14)15)19-8-10-22(6,16)17/h11-12H,7-10H2,1-6H3. The molecule has 0 aromatic carbocycles. The quantitative estimate of drug-likeness (QED) is 0.503. The summed E-state index contributed by atoms with van der Waals surface area (Å²) in [5.74, 6) is -0.184. The maximum absolute atomic E-state index is 11.2. The van der Waals surface area contributed by atoms with Gasteiger partial charge in [0.25, 0.3) is 8.53 Å². The highest BCUT2D eigenvalue weighted by molar-refractivity contribution is 7.90. The van der Waals surface area contributed by atoms with Gasteiger partial charge in [-0.3, -0.25) is 0 Å². The number of nitrogens with zero attached hydrogens (tertiary/aromatic N) is 1. The Morgan fingerprint density at radius 2 is 1.14 bits per heavy atom. The lowest BCUT2D eigenvalue weighted by molar-refractivity contribution is 0.186. The average molecular weight is 377 g/mol. The van der Waals surface area contributed by atoms with Gasteiger partial charge in [0.2, 0.25) is 0 Å². The molecule has 0 aromatic rings. The Morgan fingerprint density at radius 3 is 1.36 bits per heavy atom. The van der Waals surface area contributed by atoms with Gasteiger partial charge in [-0.25, -0.2) is 21.5 Å². The maximum atomic E-state index is 11.2. The van der Waals surface area contributed by atoms with Crippen LogP contribution in [0.25, 0.3) is 0 Å². The summed E-state index contributed by atoms with van der Waals surface area (Å²) < 4.78 is 58.0. The second-order valence-electron chi connectivity index (χ2n) is 5.73. The fraction of sp³-hybridized carbons (Fsp3) is 1.00. The van der Waals surface area contributed by atoms with Crippen molar-refractivity contribution in [2.75, 3.05) is 37.2 Å². The molecule has 0 heterocycles. The van der Waals surface area contributed by atoms with Crippen molar-refractivity contribution in [1.29, 1.82) is 0 Å². The molecular weight excluding hydrogens is 349 g/mol. The van der Waals surface area contributed by atoms with E-state index in [1.807, 2.05) is 32.4 Å². The van der Waals surface area contributed by atoms with Crippen LogP contribution < -0.4 is 0 Å². The second kappa shape index (κ2) is 9.49. The molecule has 0 aliphatic heterocycles. The van der Waals surface area contributed by atoms with Crippen molar-refractivity contribution in [3.05, 3.63) is 0 Å². The SMILES string of the molecule is CC(C)N(C(C)C)P(OCCS(C)(=O)=O)OCCS(C)(=O)=O. The van der Waals surface area contributed by atoms with Gasteiger partial charge in [-0.2, -0.15) is 0 Å². The largest absolute Gasteiger partial charge is 0.321 e. The van der Waals surface area contributed by atoms with Crippen molar-refractivity contribution in [2.24, 2.45) is 0 Å². The zero-order valence-electron chi connectivity index (χ0n) is 14.1. The highest BCUT2D eigenvalue weighted by Crippen LogP contribution is 2.45. The van der Waals surface area contributed by atoms with Crippen molar-refractivity contribution in [2.45, 2.75) is 39.8 Å². The molecule has 0 aromatic heterocycles. The molecule has 10 heteroatoms. The monoisotopic (exact) mass is 377 g/mol. The Hall–Kier alpha value is 0.210. The predicted molar refractivity (Wildman–Crippen MR) is 90.4 cm³/mol. The van der Waals surface area contributed by atoms with Crippen molar-refractivity contribution >= 4 is 28.2 Å². The molecule has 7 nitrogen and oxygen atoms in total. The van der Waals surface area contributed by atoms with Gasteiger partial charge in [0, 0.05) is 24.6 Å². The summed E-state index contributed by atoms with van der Waals surface area (Å²) in [5, 5.41) is 0. The molecule has 0 aliphatic rings. The van der Waals surface area contributed by atoms with Gasteiger partial charge in [-0.1, -0.05) is 0 Å². The van der Waals surface area contributed by atoms with Crippen LogP contribution in [0.1, 0.15) is 27.7 Å². The Bertz CT molecular complexity index is 472. The third kappa shape index (κ3) is 10.9. The van der Waals surface area contributed by atoms with Crippen LogP contribution in [0, 0.1) is 0 Å². The normalized spacial score (nSPS) is 13.7. The lowest BCUT2D eigenvalue weighted by Gasteiger charge is -2.35. The fourth-order valence-electron chi connectivity index (χ4n) is 1.68. The van der Waals surface area contributed by atoms with Crippen molar-refractivity contribution in [3.8, 4) is 0 Å². The molecule has 0 fully saturated rings. The van der Waals surface area contributed by atoms with E-state index in [1.54, 1.807) is 0 Å². The molecule has 0 amide bonds. The van der Waals surface area contributed by atoms with E-state index in [-0.39, 0.29) is 36.8 Å².